The van der Waals surface area contributed by atoms with E-state index in [1.54, 1.807) is 0 Å². The van der Waals surface area contributed by atoms with Crippen LogP contribution in [-0.2, 0) is 13.1 Å². The molecule has 1 aliphatic rings. The summed E-state index contributed by atoms with van der Waals surface area (Å²) in [5.74, 6) is 0. The topological polar surface area (TPSA) is 49.2 Å². The van der Waals surface area contributed by atoms with E-state index in [-0.39, 0.29) is 0 Å². The average Bonchev–Trinajstić information content (AvgIpc) is 2.91. The second kappa shape index (κ2) is 7.87. The Morgan fingerprint density at radius 2 is 1.81 bits per heavy atom. The van der Waals surface area contributed by atoms with E-state index in [0.717, 1.165) is 38.4 Å². The molecule has 0 bridgehead atoms. The molecule has 0 radical (unpaired) electrons. The second-order valence-corrected chi connectivity index (χ2v) is 6.48. The molecule has 0 unspecified atom stereocenters. The maximum atomic E-state index is 4.21. The van der Waals surface area contributed by atoms with E-state index >= 15 is 0 Å². The molecule has 0 aromatic carbocycles. The average molecular weight is 294 g/mol. The van der Waals surface area contributed by atoms with Crippen molar-refractivity contribution in [3.8, 4) is 0 Å². The van der Waals surface area contributed by atoms with Gasteiger partial charge >= 0.3 is 0 Å². The highest BCUT2D eigenvalue weighted by molar-refractivity contribution is 4.91. The molecule has 120 valence electrons. The lowest BCUT2D eigenvalue weighted by molar-refractivity contribution is 0.105. The lowest BCUT2D eigenvalue weighted by atomic mass is 10.2. The van der Waals surface area contributed by atoms with Crippen molar-refractivity contribution >= 4 is 0 Å². The molecular weight excluding hydrogens is 264 g/mol. The molecule has 0 saturated carbocycles. The van der Waals surface area contributed by atoms with Crippen LogP contribution < -0.4 is 5.32 Å². The number of hydrogen-bond donors (Lipinski definition) is 1. The van der Waals surface area contributed by atoms with Crippen molar-refractivity contribution < 1.29 is 0 Å². The van der Waals surface area contributed by atoms with Gasteiger partial charge in [-0.25, -0.2) is 0 Å². The summed E-state index contributed by atoms with van der Waals surface area (Å²) in [6, 6.07) is 1.14. The predicted octanol–water partition coefficient (Wildman–Crippen LogP) is 0.802. The van der Waals surface area contributed by atoms with Crippen LogP contribution >= 0.6 is 0 Å². The normalized spacial score (nSPS) is 18.0. The van der Waals surface area contributed by atoms with E-state index in [1.165, 1.54) is 13.1 Å². The van der Waals surface area contributed by atoms with Crippen molar-refractivity contribution in [2.24, 2.45) is 0 Å². The van der Waals surface area contributed by atoms with Gasteiger partial charge in [-0.2, -0.15) is 0 Å². The molecule has 1 N–H and O–H groups in total. The highest BCUT2D eigenvalue weighted by atomic mass is 15.4. The van der Waals surface area contributed by atoms with Crippen molar-refractivity contribution in [1.82, 2.24) is 30.1 Å². The number of aromatic nitrogens is 3. The summed E-state index contributed by atoms with van der Waals surface area (Å²) in [5.41, 5.74) is 1.02. The zero-order chi connectivity index (χ0) is 15.2. The van der Waals surface area contributed by atoms with Crippen LogP contribution in [0.2, 0.25) is 0 Å². The Morgan fingerprint density at radius 1 is 1.10 bits per heavy atom. The molecule has 6 heteroatoms. The third kappa shape index (κ3) is 5.37. The van der Waals surface area contributed by atoms with Crippen molar-refractivity contribution in [3.63, 3.8) is 0 Å². The van der Waals surface area contributed by atoms with Gasteiger partial charge in [0, 0.05) is 57.5 Å². The summed E-state index contributed by atoms with van der Waals surface area (Å²) >= 11 is 0. The highest BCUT2D eigenvalue weighted by Crippen LogP contribution is 2.05. The molecule has 0 spiro atoms. The van der Waals surface area contributed by atoms with Crippen molar-refractivity contribution in [1.29, 1.82) is 0 Å². The van der Waals surface area contributed by atoms with Gasteiger partial charge in [-0.1, -0.05) is 19.1 Å². The van der Waals surface area contributed by atoms with Crippen LogP contribution in [0.5, 0.6) is 0 Å². The van der Waals surface area contributed by atoms with Gasteiger partial charge in [-0.05, 0) is 13.8 Å². The molecule has 1 aliphatic heterocycles. The fraction of sp³-hybridized carbons (Fsp3) is 0.867. The molecule has 1 fully saturated rings. The monoisotopic (exact) mass is 294 g/mol. The lowest BCUT2D eigenvalue weighted by Gasteiger charge is -2.36. The fourth-order valence-electron chi connectivity index (χ4n) is 2.58. The Morgan fingerprint density at radius 3 is 2.43 bits per heavy atom. The van der Waals surface area contributed by atoms with Gasteiger partial charge in [0.25, 0.3) is 0 Å². The summed E-state index contributed by atoms with van der Waals surface area (Å²) in [6.07, 6.45) is 2.06. The number of piperazine rings is 1. The Bertz CT molecular complexity index is 406. The van der Waals surface area contributed by atoms with E-state index in [9.17, 15) is 0 Å². The molecule has 1 aromatic heterocycles. The van der Waals surface area contributed by atoms with E-state index in [0.29, 0.717) is 12.1 Å². The molecule has 21 heavy (non-hydrogen) atoms. The van der Waals surface area contributed by atoms with Crippen molar-refractivity contribution in [2.75, 3.05) is 32.7 Å². The Hall–Kier alpha value is -0.980. The van der Waals surface area contributed by atoms with Gasteiger partial charge in [0.2, 0.25) is 0 Å². The van der Waals surface area contributed by atoms with Gasteiger partial charge in [0.1, 0.15) is 0 Å². The van der Waals surface area contributed by atoms with Crippen LogP contribution in [0.15, 0.2) is 6.20 Å². The van der Waals surface area contributed by atoms with Crippen LogP contribution in [0.1, 0.15) is 33.4 Å². The van der Waals surface area contributed by atoms with Crippen LogP contribution in [0.4, 0.5) is 0 Å². The minimum atomic E-state index is 0.479. The number of nitrogens with zero attached hydrogens (tertiary/aromatic N) is 5. The molecular formula is C15H30N6. The SMILES string of the molecule is CC(C)NCc1cn(CCN2CCN(C(C)C)CC2)nn1. The first-order valence-electron chi connectivity index (χ1n) is 8.13. The first-order valence-corrected chi connectivity index (χ1v) is 8.13. The minimum absolute atomic E-state index is 0.479. The molecule has 2 rings (SSSR count). The quantitative estimate of drug-likeness (QED) is 0.806. The Balaban J connectivity index is 1.69. The van der Waals surface area contributed by atoms with E-state index in [1.807, 2.05) is 4.68 Å². The van der Waals surface area contributed by atoms with Gasteiger partial charge in [0.15, 0.2) is 0 Å². The zero-order valence-corrected chi connectivity index (χ0v) is 13.9. The Labute approximate surface area is 128 Å². The summed E-state index contributed by atoms with van der Waals surface area (Å²) in [6.45, 7) is 16.3. The maximum absolute atomic E-state index is 4.21. The number of nitrogens with one attached hydrogen (secondary N) is 1. The van der Waals surface area contributed by atoms with Gasteiger partial charge in [-0.15, -0.1) is 5.10 Å². The van der Waals surface area contributed by atoms with Crippen LogP contribution in [0.3, 0.4) is 0 Å². The predicted molar refractivity (Wildman–Crippen MR) is 85.1 cm³/mol. The molecule has 1 aromatic rings. The molecule has 6 nitrogen and oxygen atoms in total. The summed E-state index contributed by atoms with van der Waals surface area (Å²) in [4.78, 5) is 5.06. The summed E-state index contributed by atoms with van der Waals surface area (Å²) in [7, 11) is 0. The standard InChI is InChI=1S/C15H30N6/c1-13(2)16-11-15-12-21(18-17-15)10-7-19-5-8-20(9-6-19)14(3)4/h12-14,16H,5-11H2,1-4H3. The first-order chi connectivity index (χ1) is 10.0. The second-order valence-electron chi connectivity index (χ2n) is 6.48. The van der Waals surface area contributed by atoms with E-state index in [4.69, 9.17) is 0 Å². The summed E-state index contributed by atoms with van der Waals surface area (Å²) < 4.78 is 1.96. The van der Waals surface area contributed by atoms with Gasteiger partial charge < -0.3 is 5.32 Å². The lowest BCUT2D eigenvalue weighted by Crippen LogP contribution is -2.49. The minimum Gasteiger partial charge on any atom is -0.309 e. The molecule has 2 heterocycles. The molecule has 1 saturated heterocycles. The largest absolute Gasteiger partial charge is 0.309 e. The Kier molecular flexibility index (Phi) is 6.14. The van der Waals surface area contributed by atoms with E-state index < -0.39 is 0 Å². The fourth-order valence-corrected chi connectivity index (χ4v) is 2.58. The van der Waals surface area contributed by atoms with Crippen LogP contribution in [0, 0.1) is 0 Å². The third-order valence-corrected chi connectivity index (χ3v) is 4.06. The third-order valence-electron chi connectivity index (χ3n) is 4.06. The maximum Gasteiger partial charge on any atom is 0.0964 e. The highest BCUT2D eigenvalue weighted by Gasteiger charge is 2.18. The first kappa shape index (κ1) is 16.4. The number of rotatable bonds is 7. The summed E-state index contributed by atoms with van der Waals surface area (Å²) in [5, 5.41) is 11.8. The van der Waals surface area contributed by atoms with E-state index in [2.05, 4.69) is 59.3 Å². The van der Waals surface area contributed by atoms with Crippen molar-refractivity contribution in [3.05, 3.63) is 11.9 Å². The molecule has 0 amide bonds. The van der Waals surface area contributed by atoms with Crippen LogP contribution in [0.25, 0.3) is 0 Å². The van der Waals surface area contributed by atoms with Crippen molar-refractivity contribution in [2.45, 2.75) is 52.9 Å². The molecule has 0 atom stereocenters. The smallest absolute Gasteiger partial charge is 0.0964 e. The van der Waals surface area contributed by atoms with Crippen LogP contribution in [-0.4, -0.2) is 69.6 Å². The zero-order valence-electron chi connectivity index (χ0n) is 13.9. The molecule has 0 aliphatic carbocycles. The van der Waals surface area contributed by atoms with Gasteiger partial charge in [-0.3, -0.25) is 14.5 Å². The number of hydrogen-bond acceptors (Lipinski definition) is 5. The van der Waals surface area contributed by atoms with Gasteiger partial charge in [0.05, 0.1) is 12.2 Å².